The van der Waals surface area contributed by atoms with Crippen molar-refractivity contribution >= 4 is 38.8 Å². The van der Waals surface area contributed by atoms with Gasteiger partial charge in [0.05, 0.1) is 5.69 Å². The molecule has 12 aromatic rings. The lowest BCUT2D eigenvalue weighted by molar-refractivity contribution is 0.631. The summed E-state index contributed by atoms with van der Waals surface area (Å²) in [5.74, 6) is 0.863. The molecule has 0 aliphatic heterocycles. The second-order valence-electron chi connectivity index (χ2n) is 17.2. The van der Waals surface area contributed by atoms with E-state index >= 15 is 0 Å². The molecule has 0 aliphatic carbocycles. The SMILES string of the molecule is c1ccc(-c2ccc(-c3ccc(N(c4ccc(-c5ccccc5-c5ccccc5-c5ccccc5)cc4)c4ccc(-c5cccc(-c6cc7ccccc7o6)c5)c5ccccc45)cc3)cc2)cc1. The summed E-state index contributed by atoms with van der Waals surface area (Å²) in [6, 6.07) is 98.0. The van der Waals surface area contributed by atoms with Gasteiger partial charge >= 0.3 is 0 Å². The Balaban J connectivity index is 0.953. The lowest BCUT2D eigenvalue weighted by atomic mass is 9.89. The average Bonchev–Trinajstić information content (AvgIpc) is 3.87. The third kappa shape index (κ3) is 7.74. The van der Waals surface area contributed by atoms with Crippen molar-refractivity contribution in [3.8, 4) is 78.1 Å². The van der Waals surface area contributed by atoms with Crippen LogP contribution in [0.3, 0.4) is 0 Å². The predicted octanol–water partition coefficient (Wildman–Crippen LogP) is 18.7. The van der Waals surface area contributed by atoms with Gasteiger partial charge in [0.15, 0.2) is 0 Å². The van der Waals surface area contributed by atoms with Gasteiger partial charge in [-0.2, -0.15) is 0 Å². The van der Waals surface area contributed by atoms with E-state index in [1.54, 1.807) is 0 Å². The topological polar surface area (TPSA) is 16.4 Å². The zero-order chi connectivity index (χ0) is 45.2. The molecule has 0 unspecified atom stereocenters. The van der Waals surface area contributed by atoms with Crippen LogP contribution in [0.5, 0.6) is 0 Å². The van der Waals surface area contributed by atoms with Crippen molar-refractivity contribution in [3.05, 3.63) is 273 Å². The highest BCUT2D eigenvalue weighted by molar-refractivity contribution is 6.06. The molecule has 0 spiro atoms. The third-order valence-electron chi connectivity index (χ3n) is 13.1. The lowest BCUT2D eigenvalue weighted by Crippen LogP contribution is -2.10. The highest BCUT2D eigenvalue weighted by Crippen LogP contribution is 2.45. The van der Waals surface area contributed by atoms with Gasteiger partial charge in [-0.25, -0.2) is 0 Å². The van der Waals surface area contributed by atoms with Gasteiger partial charge in [0.25, 0.3) is 0 Å². The number of hydrogen-bond acceptors (Lipinski definition) is 2. The summed E-state index contributed by atoms with van der Waals surface area (Å²) in [5, 5.41) is 3.43. The Hall–Kier alpha value is -8.98. The Morgan fingerprint density at radius 3 is 1.31 bits per heavy atom. The fourth-order valence-electron chi connectivity index (χ4n) is 9.76. The molecule has 0 N–H and O–H groups in total. The number of anilines is 3. The minimum Gasteiger partial charge on any atom is -0.456 e. The van der Waals surface area contributed by atoms with E-state index in [9.17, 15) is 0 Å². The van der Waals surface area contributed by atoms with E-state index in [1.165, 1.54) is 61.0 Å². The number of para-hydroxylation sites is 1. The highest BCUT2D eigenvalue weighted by atomic mass is 16.3. The number of hydrogen-bond donors (Lipinski definition) is 0. The molecule has 0 saturated carbocycles. The van der Waals surface area contributed by atoms with Crippen LogP contribution in [0.2, 0.25) is 0 Å². The maximum absolute atomic E-state index is 6.32. The van der Waals surface area contributed by atoms with E-state index in [2.05, 4.69) is 266 Å². The van der Waals surface area contributed by atoms with Crippen LogP contribution < -0.4 is 4.90 Å². The normalized spacial score (nSPS) is 11.2. The molecule has 320 valence electrons. The van der Waals surface area contributed by atoms with Crippen molar-refractivity contribution in [1.82, 2.24) is 0 Å². The van der Waals surface area contributed by atoms with Crippen LogP contribution >= 0.6 is 0 Å². The van der Waals surface area contributed by atoms with E-state index in [0.717, 1.165) is 55.9 Å². The van der Waals surface area contributed by atoms with Crippen molar-refractivity contribution in [1.29, 1.82) is 0 Å². The zero-order valence-electron chi connectivity index (χ0n) is 37.3. The molecule has 0 radical (unpaired) electrons. The Morgan fingerprint density at radius 2 is 0.691 bits per heavy atom. The summed E-state index contributed by atoms with van der Waals surface area (Å²) in [4.78, 5) is 2.40. The van der Waals surface area contributed by atoms with Gasteiger partial charge in [-0.05, 0) is 121 Å². The Bertz CT molecular complexity index is 3670. The molecular weight excluding hydrogens is 823 g/mol. The van der Waals surface area contributed by atoms with Crippen LogP contribution in [-0.4, -0.2) is 0 Å². The number of furan rings is 1. The van der Waals surface area contributed by atoms with Gasteiger partial charge in [0, 0.05) is 27.7 Å². The second-order valence-corrected chi connectivity index (χ2v) is 17.2. The van der Waals surface area contributed by atoms with Crippen LogP contribution in [0.4, 0.5) is 17.1 Å². The van der Waals surface area contributed by atoms with Gasteiger partial charge in [-0.3, -0.25) is 0 Å². The third-order valence-corrected chi connectivity index (χ3v) is 13.1. The van der Waals surface area contributed by atoms with Crippen molar-refractivity contribution in [3.63, 3.8) is 0 Å². The summed E-state index contributed by atoms with van der Waals surface area (Å²) in [6.07, 6.45) is 0. The Morgan fingerprint density at radius 1 is 0.250 bits per heavy atom. The monoisotopic (exact) mass is 867 g/mol. The summed E-state index contributed by atoms with van der Waals surface area (Å²) in [7, 11) is 0. The van der Waals surface area contributed by atoms with Crippen LogP contribution in [-0.2, 0) is 0 Å². The van der Waals surface area contributed by atoms with Crippen molar-refractivity contribution in [2.45, 2.75) is 0 Å². The minimum atomic E-state index is 0.863. The number of nitrogens with zero attached hydrogens (tertiary/aromatic N) is 1. The Labute approximate surface area is 397 Å². The molecule has 0 atom stereocenters. The number of fused-ring (bicyclic) bond motifs is 2. The fraction of sp³-hybridized carbons (Fsp3) is 0. The molecule has 1 heterocycles. The number of benzene rings is 11. The van der Waals surface area contributed by atoms with Gasteiger partial charge in [-0.1, -0.05) is 224 Å². The molecule has 68 heavy (non-hydrogen) atoms. The zero-order valence-corrected chi connectivity index (χ0v) is 37.3. The quantitative estimate of drug-likeness (QED) is 0.136. The van der Waals surface area contributed by atoms with Crippen molar-refractivity contribution in [2.75, 3.05) is 4.90 Å². The van der Waals surface area contributed by atoms with E-state index in [4.69, 9.17) is 4.42 Å². The van der Waals surface area contributed by atoms with Crippen LogP contribution in [0.25, 0.3) is 99.8 Å². The van der Waals surface area contributed by atoms with Gasteiger partial charge in [0.1, 0.15) is 11.3 Å². The van der Waals surface area contributed by atoms with Crippen LogP contribution in [0.15, 0.2) is 277 Å². The predicted molar refractivity (Wildman–Crippen MR) is 286 cm³/mol. The van der Waals surface area contributed by atoms with Crippen LogP contribution in [0.1, 0.15) is 0 Å². The molecule has 0 bridgehead atoms. The molecule has 12 rings (SSSR count). The fourth-order valence-corrected chi connectivity index (χ4v) is 9.76. The first-order valence-electron chi connectivity index (χ1n) is 23.2. The smallest absolute Gasteiger partial charge is 0.135 e. The van der Waals surface area contributed by atoms with Gasteiger partial charge in [0.2, 0.25) is 0 Å². The first-order chi connectivity index (χ1) is 33.7. The largest absolute Gasteiger partial charge is 0.456 e. The molecule has 1 aromatic heterocycles. The summed E-state index contributed by atoms with van der Waals surface area (Å²) in [6.45, 7) is 0. The molecule has 0 fully saturated rings. The minimum absolute atomic E-state index is 0.863. The van der Waals surface area contributed by atoms with Crippen molar-refractivity contribution in [2.24, 2.45) is 0 Å². The van der Waals surface area contributed by atoms with Gasteiger partial charge < -0.3 is 9.32 Å². The lowest BCUT2D eigenvalue weighted by Gasteiger charge is -2.28. The maximum atomic E-state index is 6.32. The standard InChI is InChI=1S/C66H45NO/c1-3-16-46(17-4-1)47-30-32-48(33-31-47)49-34-38-55(39-35-49)67(56-40-36-51(37-41-56)58-24-9-11-26-61(58)60-25-10-8-23-57(60)50-18-5-2-6-19-50)64-43-42-59(62-27-12-13-28-63(62)64)52-21-15-22-53(44-52)66-45-54-20-7-14-29-65(54)68-66/h1-45H. The first-order valence-corrected chi connectivity index (χ1v) is 23.2. The summed E-state index contributed by atoms with van der Waals surface area (Å²) < 4.78 is 6.32. The average molecular weight is 868 g/mol. The van der Waals surface area contributed by atoms with E-state index in [1.807, 2.05) is 12.1 Å². The molecule has 0 amide bonds. The molecule has 11 aromatic carbocycles. The highest BCUT2D eigenvalue weighted by Gasteiger charge is 2.20. The number of rotatable bonds is 10. The molecule has 0 aliphatic rings. The Kier molecular flexibility index (Phi) is 10.6. The van der Waals surface area contributed by atoms with Gasteiger partial charge in [-0.15, -0.1) is 0 Å². The van der Waals surface area contributed by atoms with E-state index in [0.29, 0.717) is 0 Å². The molecule has 2 nitrogen and oxygen atoms in total. The van der Waals surface area contributed by atoms with E-state index < -0.39 is 0 Å². The first kappa shape index (κ1) is 40.5. The molecule has 0 saturated heterocycles. The summed E-state index contributed by atoms with van der Waals surface area (Å²) >= 11 is 0. The van der Waals surface area contributed by atoms with E-state index in [-0.39, 0.29) is 0 Å². The molecule has 2 heteroatoms. The second kappa shape index (κ2) is 17.8. The van der Waals surface area contributed by atoms with Crippen LogP contribution in [0, 0.1) is 0 Å². The summed E-state index contributed by atoms with van der Waals surface area (Å²) in [5.41, 5.74) is 19.4. The molecular formula is C66H45NO. The van der Waals surface area contributed by atoms with Crippen molar-refractivity contribution < 1.29 is 4.42 Å². The maximum Gasteiger partial charge on any atom is 0.135 e.